The molecule has 7 nitrogen and oxygen atoms in total. The minimum Gasteiger partial charge on any atom is -0.379 e. The highest BCUT2D eigenvalue weighted by molar-refractivity contribution is 6.12. The largest absolute Gasteiger partial charge is 0.379 e. The van der Waals surface area contributed by atoms with Crippen molar-refractivity contribution < 1.29 is 9.53 Å². The molecular formula is C26H27N5O2. The first-order valence-corrected chi connectivity index (χ1v) is 11.3. The second-order valence-corrected chi connectivity index (χ2v) is 8.16. The van der Waals surface area contributed by atoms with Gasteiger partial charge in [0.15, 0.2) is 5.65 Å². The molecular weight excluding hydrogens is 414 g/mol. The Hall–Kier alpha value is -3.55. The predicted octanol–water partition coefficient (Wildman–Crippen LogP) is 4.20. The molecule has 1 amide bonds. The smallest absolute Gasteiger partial charge is 0.256 e. The first kappa shape index (κ1) is 21.3. The van der Waals surface area contributed by atoms with Gasteiger partial charge in [-0.1, -0.05) is 42.5 Å². The van der Waals surface area contributed by atoms with Gasteiger partial charge in [0.2, 0.25) is 0 Å². The molecule has 0 atom stereocenters. The van der Waals surface area contributed by atoms with Crippen molar-refractivity contribution in [2.24, 2.45) is 0 Å². The highest BCUT2D eigenvalue weighted by Gasteiger charge is 2.18. The number of hydrogen-bond donors (Lipinski definition) is 1. The number of nitrogens with zero attached hydrogens (tertiary/aromatic N) is 4. The molecule has 3 heterocycles. The summed E-state index contributed by atoms with van der Waals surface area (Å²) >= 11 is 0. The van der Waals surface area contributed by atoms with Gasteiger partial charge in [-0.25, -0.2) is 9.67 Å². The summed E-state index contributed by atoms with van der Waals surface area (Å²) < 4.78 is 7.24. The number of ether oxygens (including phenoxy) is 1. The van der Waals surface area contributed by atoms with Gasteiger partial charge in [-0.2, -0.15) is 5.10 Å². The van der Waals surface area contributed by atoms with Crippen molar-refractivity contribution in [2.75, 3.05) is 31.6 Å². The van der Waals surface area contributed by atoms with E-state index in [-0.39, 0.29) is 5.91 Å². The van der Waals surface area contributed by atoms with Crippen LogP contribution in [-0.4, -0.2) is 51.9 Å². The molecule has 0 unspecified atom stereocenters. The van der Waals surface area contributed by atoms with Crippen LogP contribution in [0.5, 0.6) is 0 Å². The molecule has 1 fully saturated rings. The molecule has 0 spiro atoms. The Kier molecular flexibility index (Phi) is 6.15. The van der Waals surface area contributed by atoms with Gasteiger partial charge in [0.25, 0.3) is 5.91 Å². The summed E-state index contributed by atoms with van der Waals surface area (Å²) in [7, 11) is 0. The number of carbonyl (C=O) groups excluding carboxylic acids is 1. The van der Waals surface area contributed by atoms with E-state index in [0.717, 1.165) is 55.2 Å². The zero-order chi connectivity index (χ0) is 22.6. The number of morpholine rings is 1. The molecule has 0 bridgehead atoms. The Bertz CT molecular complexity index is 1250. The summed E-state index contributed by atoms with van der Waals surface area (Å²) in [5, 5.41) is 8.22. The lowest BCUT2D eigenvalue weighted by molar-refractivity contribution is 0.0342. The van der Waals surface area contributed by atoms with Crippen molar-refractivity contribution >= 4 is 22.6 Å². The highest BCUT2D eigenvalue weighted by Crippen LogP contribution is 2.26. The van der Waals surface area contributed by atoms with Crippen LogP contribution < -0.4 is 5.32 Å². The zero-order valence-corrected chi connectivity index (χ0v) is 18.7. The highest BCUT2D eigenvalue weighted by atomic mass is 16.5. The minimum atomic E-state index is -0.170. The van der Waals surface area contributed by atoms with Gasteiger partial charge in [0.05, 0.1) is 36.1 Å². The average Bonchev–Trinajstić information content (AvgIpc) is 3.29. The maximum Gasteiger partial charge on any atom is 0.256 e. The van der Waals surface area contributed by atoms with Gasteiger partial charge in [0, 0.05) is 37.4 Å². The molecule has 5 rings (SSSR count). The third-order valence-electron chi connectivity index (χ3n) is 5.94. The van der Waals surface area contributed by atoms with Crippen LogP contribution in [0.2, 0.25) is 0 Å². The SMILES string of the molecule is CCn1ncc2c(C(=O)Nc3ccc(CN4CCOCC4)cc3)cc(-c3ccccc3)nc21. The van der Waals surface area contributed by atoms with Crippen LogP contribution in [0.1, 0.15) is 22.8 Å². The second-order valence-electron chi connectivity index (χ2n) is 8.16. The molecule has 0 radical (unpaired) electrons. The van der Waals surface area contributed by atoms with Crippen LogP contribution >= 0.6 is 0 Å². The number of nitrogens with one attached hydrogen (secondary N) is 1. The van der Waals surface area contributed by atoms with E-state index in [2.05, 4.69) is 27.4 Å². The molecule has 7 heteroatoms. The minimum absolute atomic E-state index is 0.170. The van der Waals surface area contributed by atoms with Crippen LogP contribution in [-0.2, 0) is 17.8 Å². The Morgan fingerprint density at radius 2 is 1.82 bits per heavy atom. The number of pyridine rings is 1. The van der Waals surface area contributed by atoms with E-state index in [1.807, 2.05) is 60.1 Å². The first-order chi connectivity index (χ1) is 16.2. The Balaban J connectivity index is 1.40. The van der Waals surface area contributed by atoms with Gasteiger partial charge in [0.1, 0.15) is 0 Å². The Labute approximate surface area is 193 Å². The lowest BCUT2D eigenvalue weighted by atomic mass is 10.1. The third kappa shape index (κ3) is 4.65. The van der Waals surface area contributed by atoms with Gasteiger partial charge < -0.3 is 10.1 Å². The Morgan fingerprint density at radius 1 is 1.06 bits per heavy atom. The van der Waals surface area contributed by atoms with E-state index in [0.29, 0.717) is 17.8 Å². The number of aryl methyl sites for hydroxylation is 1. The monoisotopic (exact) mass is 441 g/mol. The fourth-order valence-electron chi connectivity index (χ4n) is 4.13. The van der Waals surface area contributed by atoms with Gasteiger partial charge in [-0.05, 0) is 30.7 Å². The molecule has 33 heavy (non-hydrogen) atoms. The van der Waals surface area contributed by atoms with Crippen LogP contribution in [0.25, 0.3) is 22.3 Å². The van der Waals surface area contributed by atoms with E-state index in [1.165, 1.54) is 5.56 Å². The summed E-state index contributed by atoms with van der Waals surface area (Å²) in [6, 6.07) is 19.8. The predicted molar refractivity (Wildman–Crippen MR) is 129 cm³/mol. The molecule has 1 N–H and O–H groups in total. The third-order valence-corrected chi connectivity index (χ3v) is 5.94. The summed E-state index contributed by atoms with van der Waals surface area (Å²) in [6.45, 7) is 7.06. The summed E-state index contributed by atoms with van der Waals surface area (Å²) in [5.41, 5.74) is 4.98. The first-order valence-electron chi connectivity index (χ1n) is 11.3. The topological polar surface area (TPSA) is 72.3 Å². The quantitative estimate of drug-likeness (QED) is 0.485. The molecule has 1 aliphatic heterocycles. The van der Waals surface area contributed by atoms with Crippen molar-refractivity contribution in [1.82, 2.24) is 19.7 Å². The van der Waals surface area contributed by atoms with E-state index >= 15 is 0 Å². The normalized spacial score (nSPS) is 14.5. The number of rotatable bonds is 6. The Morgan fingerprint density at radius 3 is 2.55 bits per heavy atom. The molecule has 2 aromatic carbocycles. The fourth-order valence-corrected chi connectivity index (χ4v) is 4.13. The van der Waals surface area contributed by atoms with Crippen LogP contribution in [0.4, 0.5) is 5.69 Å². The van der Waals surface area contributed by atoms with Gasteiger partial charge in [-0.3, -0.25) is 9.69 Å². The van der Waals surface area contributed by atoms with Crippen LogP contribution in [0.15, 0.2) is 66.9 Å². The maximum absolute atomic E-state index is 13.3. The molecule has 0 aliphatic carbocycles. The average molecular weight is 442 g/mol. The molecule has 2 aromatic heterocycles. The van der Waals surface area contributed by atoms with E-state index in [1.54, 1.807) is 6.20 Å². The van der Waals surface area contributed by atoms with Crippen LogP contribution in [0.3, 0.4) is 0 Å². The summed E-state index contributed by atoms with van der Waals surface area (Å²) in [5.74, 6) is -0.170. The van der Waals surface area contributed by atoms with Crippen molar-refractivity contribution in [1.29, 1.82) is 0 Å². The van der Waals surface area contributed by atoms with Crippen molar-refractivity contribution in [2.45, 2.75) is 20.0 Å². The second kappa shape index (κ2) is 9.52. The maximum atomic E-state index is 13.3. The van der Waals surface area contributed by atoms with Crippen molar-refractivity contribution in [3.05, 3.63) is 78.0 Å². The molecule has 4 aromatic rings. The summed E-state index contributed by atoms with van der Waals surface area (Å²) in [6.07, 6.45) is 1.72. The van der Waals surface area contributed by atoms with E-state index < -0.39 is 0 Å². The summed E-state index contributed by atoms with van der Waals surface area (Å²) in [4.78, 5) is 20.5. The molecule has 1 aliphatic rings. The number of amides is 1. The lowest BCUT2D eigenvalue weighted by Gasteiger charge is -2.26. The van der Waals surface area contributed by atoms with Gasteiger partial charge >= 0.3 is 0 Å². The number of hydrogen-bond acceptors (Lipinski definition) is 5. The number of aromatic nitrogens is 3. The number of anilines is 1. The van der Waals surface area contributed by atoms with Crippen molar-refractivity contribution in [3.8, 4) is 11.3 Å². The zero-order valence-electron chi connectivity index (χ0n) is 18.7. The number of benzene rings is 2. The molecule has 0 saturated carbocycles. The van der Waals surface area contributed by atoms with Crippen LogP contribution in [0, 0.1) is 0 Å². The fraction of sp³-hybridized carbons (Fsp3) is 0.269. The van der Waals surface area contributed by atoms with E-state index in [4.69, 9.17) is 9.72 Å². The number of fused-ring (bicyclic) bond motifs is 1. The molecule has 168 valence electrons. The standard InChI is InChI=1S/C26H27N5O2/c1-2-31-25-23(17-27-31)22(16-24(29-25)20-6-4-3-5-7-20)26(32)28-21-10-8-19(9-11-21)18-30-12-14-33-15-13-30/h3-11,16-17H,2,12-15,18H2,1H3,(H,28,32). The lowest BCUT2D eigenvalue weighted by Crippen LogP contribution is -2.35. The molecule has 1 saturated heterocycles. The van der Waals surface area contributed by atoms with Gasteiger partial charge in [-0.15, -0.1) is 0 Å². The van der Waals surface area contributed by atoms with Crippen molar-refractivity contribution in [3.63, 3.8) is 0 Å². The van der Waals surface area contributed by atoms with E-state index in [9.17, 15) is 4.79 Å². The number of carbonyl (C=O) groups is 1.